The first-order chi connectivity index (χ1) is 32.9. The third-order valence-electron chi connectivity index (χ3n) is 11.7. The molecule has 16 nitrogen and oxygen atoms in total. The summed E-state index contributed by atoms with van der Waals surface area (Å²) in [6.07, 6.45) is -6.49. The van der Waals surface area contributed by atoms with Gasteiger partial charge in [-0.15, -0.1) is 0 Å². The van der Waals surface area contributed by atoms with Crippen molar-refractivity contribution >= 4 is 47.5 Å². The van der Waals surface area contributed by atoms with Crippen LogP contribution in [0.2, 0.25) is 0 Å². The first-order valence-electron chi connectivity index (χ1n) is 25.0. The van der Waals surface area contributed by atoms with Crippen molar-refractivity contribution in [3.8, 4) is 0 Å². The highest BCUT2D eigenvalue weighted by atomic mass is 16.6. The van der Waals surface area contributed by atoms with Crippen LogP contribution in [0.5, 0.6) is 0 Å². The van der Waals surface area contributed by atoms with Gasteiger partial charge in [0.05, 0.1) is 0 Å². The van der Waals surface area contributed by atoms with Gasteiger partial charge in [-0.05, 0) is 74.3 Å². The quantitative estimate of drug-likeness (QED) is 0.188. The number of cyclic esters (lactones) is 4. The molecule has 0 aliphatic carbocycles. The Labute approximate surface area is 406 Å². The number of ether oxygens (including phenoxy) is 4. The molecule has 3 rings (SSSR count). The molecular weight excluding hydrogens is 873 g/mol. The standard InChI is InChI=1S/C52H76N4O12/c1-31(2)25-39-49(61)65-35(9)45(57)53(11)42(28-34(7)8)52(64)68-44(30-38-23-19-16-20-24-38)48(60)56(14)40(26-32(3)4)50(62)66-36(10)46(58)54(12)41(27-33(5)6)51(63)67-43(47(59)55(39)13)29-37-21-17-15-18-22-37/h15-24,31-36,39-44H,25-30H2,1-14H3/t35-,36-,39-,40-,41-,42-,43-,44-/m1/s1/i11T,12T. The van der Waals surface area contributed by atoms with E-state index >= 15 is 0 Å². The predicted molar refractivity (Wildman–Crippen MR) is 255 cm³/mol. The Bertz CT molecular complexity index is 1930. The van der Waals surface area contributed by atoms with E-state index in [1.807, 2.05) is 27.7 Å². The molecule has 376 valence electrons. The highest BCUT2D eigenvalue weighted by Gasteiger charge is 2.43. The molecule has 1 fully saturated rings. The predicted octanol–water partition coefficient (Wildman–Crippen LogP) is 5.66. The van der Waals surface area contributed by atoms with Crippen molar-refractivity contribution in [2.75, 3.05) is 28.1 Å². The maximum atomic E-state index is 14.7. The molecule has 0 spiro atoms. The second-order valence-corrected chi connectivity index (χ2v) is 19.5. The summed E-state index contributed by atoms with van der Waals surface area (Å²) < 4.78 is 40.6. The number of esters is 4. The van der Waals surface area contributed by atoms with Gasteiger partial charge in [-0.25, -0.2) is 19.2 Å². The minimum absolute atomic E-state index is 0.0114. The fourth-order valence-corrected chi connectivity index (χ4v) is 7.91. The molecule has 0 bridgehead atoms. The zero-order valence-corrected chi connectivity index (χ0v) is 42.0. The summed E-state index contributed by atoms with van der Waals surface area (Å²) >= 11 is 0. The van der Waals surface area contributed by atoms with Gasteiger partial charge in [0.1, 0.15) is 24.2 Å². The first kappa shape index (κ1) is 53.2. The van der Waals surface area contributed by atoms with Crippen LogP contribution in [-0.2, 0) is 70.1 Å². The van der Waals surface area contributed by atoms with E-state index < -0.39 is 110 Å². The molecule has 2 aromatic carbocycles. The van der Waals surface area contributed by atoms with Gasteiger partial charge in [0.25, 0.3) is 23.6 Å². The van der Waals surface area contributed by atoms with Crippen molar-refractivity contribution in [1.29, 1.82) is 0 Å². The van der Waals surface area contributed by atoms with Crippen LogP contribution in [-0.4, -0.2) is 144 Å². The summed E-state index contributed by atoms with van der Waals surface area (Å²) in [7, 11) is 1.17. The second-order valence-electron chi connectivity index (χ2n) is 19.5. The number of rotatable bonds is 12. The van der Waals surface area contributed by atoms with Crippen molar-refractivity contribution in [2.45, 2.75) is 156 Å². The molecule has 0 aromatic heterocycles. The number of nitrogens with zero attached hydrogens (tertiary/aromatic N) is 4. The smallest absolute Gasteiger partial charge is 0.329 e. The number of likely N-dealkylation sites (N-methyl/N-ethyl adjacent to an activating group) is 4. The van der Waals surface area contributed by atoms with Gasteiger partial charge in [-0.1, -0.05) is 116 Å². The molecule has 4 amide bonds. The number of benzene rings is 2. The number of carbonyl (C=O) groups is 8. The van der Waals surface area contributed by atoms with E-state index in [4.69, 9.17) is 21.7 Å². The first-order valence-corrected chi connectivity index (χ1v) is 23.5. The van der Waals surface area contributed by atoms with E-state index in [2.05, 4.69) is 0 Å². The van der Waals surface area contributed by atoms with E-state index in [1.165, 1.54) is 27.9 Å². The third-order valence-corrected chi connectivity index (χ3v) is 11.7. The van der Waals surface area contributed by atoms with E-state index in [0.29, 0.717) is 11.1 Å². The van der Waals surface area contributed by atoms with Crippen LogP contribution in [0.15, 0.2) is 60.7 Å². The summed E-state index contributed by atoms with van der Waals surface area (Å²) in [5, 5.41) is 0. The van der Waals surface area contributed by atoms with Crippen LogP contribution in [0.4, 0.5) is 0 Å². The van der Waals surface area contributed by atoms with Gasteiger partial charge >= 0.3 is 23.9 Å². The molecule has 1 aliphatic heterocycles. The fourth-order valence-electron chi connectivity index (χ4n) is 7.91. The molecule has 2 aromatic rings. The topological polar surface area (TPSA) is 186 Å². The Morgan fingerprint density at radius 1 is 0.426 bits per heavy atom. The van der Waals surface area contributed by atoms with Crippen LogP contribution in [0.3, 0.4) is 0 Å². The summed E-state index contributed by atoms with van der Waals surface area (Å²) in [6.45, 7) is 17.0. The minimum atomic E-state index is -1.58. The van der Waals surface area contributed by atoms with Crippen LogP contribution in [0.25, 0.3) is 0 Å². The lowest BCUT2D eigenvalue weighted by Gasteiger charge is -2.35. The highest BCUT2D eigenvalue weighted by Crippen LogP contribution is 2.24. The zero-order valence-electron chi connectivity index (χ0n) is 44.0. The molecule has 16 heteroatoms. The third kappa shape index (κ3) is 16.2. The van der Waals surface area contributed by atoms with Crippen molar-refractivity contribution in [3.63, 3.8) is 0 Å². The highest BCUT2D eigenvalue weighted by molar-refractivity contribution is 5.94. The van der Waals surface area contributed by atoms with Crippen molar-refractivity contribution < 1.29 is 60.0 Å². The summed E-state index contributed by atoms with van der Waals surface area (Å²) in [5.74, 6) is -8.28. The van der Waals surface area contributed by atoms with Gasteiger partial charge in [-0.2, -0.15) is 0 Å². The molecule has 0 saturated carbocycles. The Balaban J connectivity index is 2.30. The molecule has 0 radical (unpaired) electrons. The molecule has 1 saturated heterocycles. The van der Waals surface area contributed by atoms with Crippen molar-refractivity contribution in [2.24, 2.45) is 23.7 Å². The van der Waals surface area contributed by atoms with E-state index in [0.717, 1.165) is 19.6 Å². The Morgan fingerprint density at radius 3 is 0.956 bits per heavy atom. The van der Waals surface area contributed by atoms with E-state index in [9.17, 15) is 38.4 Å². The Morgan fingerprint density at radius 2 is 0.691 bits per heavy atom. The fraction of sp³-hybridized carbons (Fsp3) is 0.615. The maximum absolute atomic E-state index is 14.7. The van der Waals surface area contributed by atoms with E-state index in [1.54, 1.807) is 88.4 Å². The van der Waals surface area contributed by atoms with Gasteiger partial charge < -0.3 is 38.5 Å². The van der Waals surface area contributed by atoms with Crippen LogP contribution in [0, 0.1) is 23.7 Å². The summed E-state index contributed by atoms with van der Waals surface area (Å²) in [4.78, 5) is 120. The molecule has 0 unspecified atom stereocenters. The molecular formula is C52H76N4O12. The van der Waals surface area contributed by atoms with Crippen LogP contribution in [0.1, 0.15) is 109 Å². The minimum Gasteiger partial charge on any atom is -0.451 e. The number of hydrogen-bond donors (Lipinski definition) is 0. The molecule has 1 aliphatic rings. The monoisotopic (exact) mass is 953 g/mol. The Kier molecular flexibility index (Phi) is 20.4. The normalized spacial score (nSPS) is 25.6. The lowest BCUT2D eigenvalue weighted by atomic mass is 10.00. The van der Waals surface area contributed by atoms with Gasteiger partial charge in [0.15, 0.2) is 24.4 Å². The zero-order chi connectivity index (χ0) is 52.6. The average molecular weight is 953 g/mol. The van der Waals surface area contributed by atoms with Gasteiger partial charge in [0.2, 0.25) is 0 Å². The Hall–Kier alpha value is -5.80. The lowest BCUT2D eigenvalue weighted by molar-refractivity contribution is -0.176. The second kappa shape index (κ2) is 26.1. The number of amides is 4. The van der Waals surface area contributed by atoms with Crippen LogP contribution >= 0.6 is 0 Å². The molecule has 1 heterocycles. The number of hydrogen-bond acceptors (Lipinski definition) is 12. The van der Waals surface area contributed by atoms with Gasteiger partial charge in [0, 0.05) is 43.7 Å². The summed E-state index contributed by atoms with van der Waals surface area (Å²) in [5.41, 5.74) is 1.20. The number of carbonyl (C=O) groups excluding carboxylic acids is 8. The van der Waals surface area contributed by atoms with Crippen molar-refractivity contribution in [3.05, 3.63) is 71.8 Å². The summed E-state index contributed by atoms with van der Waals surface area (Å²) in [6, 6.07) is 11.9. The SMILES string of the molecule is [3H]CN1C(=O)[C@@H](C)OC(=O)[C@@H](CC(C)C)N(C)C(=O)[C@@H](Cc2ccccc2)OC(=O)[C@@H](CC(C)C)N(C[3H])C(=O)[C@@H](C)OC(=O)[C@@H](CC(C)C)N(C)C(=O)[C@@H](Cc2ccccc2)OC(=O)[C@H]1CC(C)C. The molecule has 68 heavy (non-hydrogen) atoms. The molecule has 0 N–H and O–H groups in total. The largest absolute Gasteiger partial charge is 0.451 e. The van der Waals surface area contributed by atoms with Gasteiger partial charge in [-0.3, -0.25) is 19.2 Å². The molecule has 8 atom stereocenters. The van der Waals surface area contributed by atoms with Crippen molar-refractivity contribution in [1.82, 2.24) is 19.6 Å². The maximum Gasteiger partial charge on any atom is 0.329 e. The lowest BCUT2D eigenvalue weighted by Crippen LogP contribution is -2.55. The van der Waals surface area contributed by atoms with Crippen LogP contribution < -0.4 is 0 Å². The van der Waals surface area contributed by atoms with E-state index in [-0.39, 0.29) is 62.2 Å². The average Bonchev–Trinajstić information content (AvgIpc) is 3.30.